The highest BCUT2D eigenvalue weighted by Crippen LogP contribution is 2.61. The van der Waals surface area contributed by atoms with Gasteiger partial charge in [0.25, 0.3) is 0 Å². The number of carbonyl (C=O) groups excluding carboxylic acids is 1. The fourth-order valence-electron chi connectivity index (χ4n) is 5.59. The number of nitrogens with zero attached hydrogens (tertiary/aromatic N) is 1. The monoisotopic (exact) mass is 264 g/mol. The lowest BCUT2D eigenvalue weighted by atomic mass is 9.47. The lowest BCUT2D eigenvalue weighted by Gasteiger charge is -2.60. The third kappa shape index (κ3) is 2.20. The summed E-state index contributed by atoms with van der Waals surface area (Å²) in [5.74, 6) is 3.12. The summed E-state index contributed by atoms with van der Waals surface area (Å²) in [6.07, 6.45) is 8.53. The second-order valence-corrected chi connectivity index (χ2v) is 7.49. The number of carbonyl (C=O) groups is 1. The topological polar surface area (TPSA) is 32.3 Å². The quantitative estimate of drug-likeness (QED) is 0.845. The predicted octanol–water partition coefficient (Wildman–Crippen LogP) is 2.27. The first-order valence-electron chi connectivity index (χ1n) is 7.94. The van der Waals surface area contributed by atoms with Crippen LogP contribution in [-0.2, 0) is 4.79 Å². The van der Waals surface area contributed by atoms with Crippen LogP contribution in [0.5, 0.6) is 0 Å². The maximum absolute atomic E-state index is 12.1. The standard InChI is InChI=1S/C16H28N2O/c1-11(18(3)15(19)10-17-2)16-7-12-4-13(8-16)6-14(5-12)9-16/h11-14,17H,4-10H2,1-3H3. The zero-order valence-corrected chi connectivity index (χ0v) is 12.6. The third-order valence-corrected chi connectivity index (χ3v) is 6.27. The van der Waals surface area contributed by atoms with Gasteiger partial charge in [0.1, 0.15) is 0 Å². The van der Waals surface area contributed by atoms with Gasteiger partial charge in [-0.05, 0) is 75.7 Å². The van der Waals surface area contributed by atoms with Crippen LogP contribution in [0.1, 0.15) is 45.4 Å². The minimum atomic E-state index is 0.241. The Bertz CT molecular complexity index is 330. The lowest BCUT2D eigenvalue weighted by molar-refractivity contribution is -0.141. The molecule has 3 heteroatoms. The Hall–Kier alpha value is -0.570. The predicted molar refractivity (Wildman–Crippen MR) is 76.8 cm³/mol. The van der Waals surface area contributed by atoms with E-state index in [1.807, 2.05) is 19.0 Å². The van der Waals surface area contributed by atoms with Gasteiger partial charge in [0, 0.05) is 13.1 Å². The van der Waals surface area contributed by atoms with Crippen molar-refractivity contribution in [3.05, 3.63) is 0 Å². The van der Waals surface area contributed by atoms with Gasteiger partial charge in [-0.25, -0.2) is 0 Å². The fourth-order valence-corrected chi connectivity index (χ4v) is 5.59. The Labute approximate surface area is 117 Å². The zero-order chi connectivity index (χ0) is 13.6. The third-order valence-electron chi connectivity index (χ3n) is 6.27. The molecule has 108 valence electrons. The molecule has 0 aromatic heterocycles. The molecule has 0 heterocycles. The minimum Gasteiger partial charge on any atom is -0.341 e. The van der Waals surface area contributed by atoms with Gasteiger partial charge in [-0.15, -0.1) is 0 Å². The van der Waals surface area contributed by atoms with Gasteiger partial charge in [0.15, 0.2) is 0 Å². The van der Waals surface area contributed by atoms with Crippen LogP contribution in [0.3, 0.4) is 0 Å². The number of hydrogen-bond acceptors (Lipinski definition) is 2. The van der Waals surface area contributed by atoms with Crippen LogP contribution in [0.4, 0.5) is 0 Å². The first kappa shape index (κ1) is 13.4. The van der Waals surface area contributed by atoms with E-state index in [4.69, 9.17) is 0 Å². The van der Waals surface area contributed by atoms with Gasteiger partial charge in [-0.2, -0.15) is 0 Å². The smallest absolute Gasteiger partial charge is 0.236 e. The summed E-state index contributed by atoms with van der Waals surface area (Å²) in [6.45, 7) is 2.76. The van der Waals surface area contributed by atoms with Crippen molar-refractivity contribution in [1.82, 2.24) is 10.2 Å². The molecule has 1 unspecified atom stereocenters. The lowest BCUT2D eigenvalue weighted by Crippen LogP contribution is -2.56. The Kier molecular flexibility index (Phi) is 3.36. The molecule has 19 heavy (non-hydrogen) atoms. The minimum absolute atomic E-state index is 0.241. The fraction of sp³-hybridized carbons (Fsp3) is 0.938. The van der Waals surface area contributed by atoms with Crippen LogP contribution in [0, 0.1) is 23.2 Å². The number of nitrogens with one attached hydrogen (secondary N) is 1. The molecule has 4 rings (SSSR count). The van der Waals surface area contributed by atoms with Crippen LogP contribution in [-0.4, -0.2) is 37.5 Å². The van der Waals surface area contributed by atoms with Crippen LogP contribution < -0.4 is 5.32 Å². The summed E-state index contributed by atoms with van der Waals surface area (Å²) in [7, 11) is 3.85. The number of hydrogen-bond donors (Lipinski definition) is 1. The summed E-state index contributed by atoms with van der Waals surface area (Å²) in [5, 5.41) is 2.99. The molecular weight excluding hydrogens is 236 g/mol. The molecule has 0 aromatic carbocycles. The van der Waals surface area contributed by atoms with Crippen molar-refractivity contribution in [3.63, 3.8) is 0 Å². The van der Waals surface area contributed by atoms with E-state index >= 15 is 0 Å². The highest BCUT2D eigenvalue weighted by Gasteiger charge is 2.54. The van der Waals surface area contributed by atoms with Crippen LogP contribution in [0.25, 0.3) is 0 Å². The van der Waals surface area contributed by atoms with Crippen molar-refractivity contribution in [3.8, 4) is 0 Å². The molecule has 0 radical (unpaired) electrons. The van der Waals surface area contributed by atoms with Crippen molar-refractivity contribution in [2.75, 3.05) is 20.6 Å². The van der Waals surface area contributed by atoms with Crippen LogP contribution >= 0.6 is 0 Å². The van der Waals surface area contributed by atoms with Gasteiger partial charge >= 0.3 is 0 Å². The highest BCUT2D eigenvalue weighted by molar-refractivity contribution is 5.78. The summed E-state index contributed by atoms with van der Waals surface area (Å²) in [5.41, 5.74) is 0.437. The van der Waals surface area contributed by atoms with Gasteiger partial charge in [0.2, 0.25) is 5.91 Å². The molecule has 0 aromatic rings. The average molecular weight is 264 g/mol. The van der Waals surface area contributed by atoms with E-state index in [-0.39, 0.29) is 5.91 Å². The summed E-state index contributed by atoms with van der Waals surface area (Å²) < 4.78 is 0. The van der Waals surface area contributed by atoms with Crippen molar-refractivity contribution in [1.29, 1.82) is 0 Å². The van der Waals surface area contributed by atoms with Crippen molar-refractivity contribution in [2.45, 2.75) is 51.5 Å². The molecule has 1 amide bonds. The molecule has 1 atom stereocenters. The molecule has 3 nitrogen and oxygen atoms in total. The first-order valence-corrected chi connectivity index (χ1v) is 7.94. The average Bonchev–Trinajstić information content (AvgIpc) is 2.35. The zero-order valence-electron chi connectivity index (χ0n) is 12.6. The number of rotatable bonds is 4. The summed E-state index contributed by atoms with van der Waals surface area (Å²) >= 11 is 0. The molecule has 0 spiro atoms. The summed E-state index contributed by atoms with van der Waals surface area (Å²) in [6, 6.07) is 0.404. The van der Waals surface area contributed by atoms with Crippen molar-refractivity contribution >= 4 is 5.91 Å². The van der Waals surface area contributed by atoms with E-state index in [9.17, 15) is 4.79 Å². The highest BCUT2D eigenvalue weighted by atomic mass is 16.2. The van der Waals surface area contributed by atoms with E-state index in [0.29, 0.717) is 18.0 Å². The number of likely N-dealkylation sites (N-methyl/N-ethyl adjacent to an activating group) is 2. The molecule has 4 bridgehead atoms. The Morgan fingerprint density at radius 1 is 1.21 bits per heavy atom. The first-order chi connectivity index (χ1) is 9.04. The molecule has 4 fully saturated rings. The molecular formula is C16H28N2O. The van der Waals surface area contributed by atoms with E-state index in [1.165, 1.54) is 38.5 Å². The Morgan fingerprint density at radius 3 is 2.11 bits per heavy atom. The normalized spacial score (nSPS) is 41.3. The Balaban J connectivity index is 1.75. The number of amides is 1. The van der Waals surface area contributed by atoms with Crippen molar-refractivity contribution < 1.29 is 4.79 Å². The van der Waals surface area contributed by atoms with Gasteiger partial charge < -0.3 is 10.2 Å². The molecule has 1 N–H and O–H groups in total. The second-order valence-electron chi connectivity index (χ2n) is 7.49. The maximum atomic E-state index is 12.1. The summed E-state index contributed by atoms with van der Waals surface area (Å²) in [4.78, 5) is 14.2. The van der Waals surface area contributed by atoms with Crippen LogP contribution in [0.15, 0.2) is 0 Å². The molecule has 4 aliphatic rings. The largest absolute Gasteiger partial charge is 0.341 e. The van der Waals surface area contributed by atoms with E-state index in [2.05, 4.69) is 12.2 Å². The molecule has 0 saturated heterocycles. The van der Waals surface area contributed by atoms with Gasteiger partial charge in [0.05, 0.1) is 6.54 Å². The molecule has 0 aliphatic heterocycles. The van der Waals surface area contributed by atoms with Gasteiger partial charge in [-0.1, -0.05) is 0 Å². The van der Waals surface area contributed by atoms with E-state index < -0.39 is 0 Å². The van der Waals surface area contributed by atoms with E-state index in [0.717, 1.165) is 17.8 Å². The van der Waals surface area contributed by atoms with Crippen molar-refractivity contribution in [2.24, 2.45) is 23.2 Å². The second kappa shape index (κ2) is 4.76. The molecule has 4 saturated carbocycles. The van der Waals surface area contributed by atoms with Crippen LogP contribution in [0.2, 0.25) is 0 Å². The SMILES string of the molecule is CNCC(=O)N(C)C(C)C12CC3CC(CC(C3)C1)C2. The maximum Gasteiger partial charge on any atom is 0.236 e. The Morgan fingerprint density at radius 2 is 1.68 bits per heavy atom. The molecule has 4 aliphatic carbocycles. The van der Waals surface area contributed by atoms with E-state index in [1.54, 1.807) is 0 Å². The van der Waals surface area contributed by atoms with Gasteiger partial charge in [-0.3, -0.25) is 4.79 Å².